The fourth-order valence-electron chi connectivity index (χ4n) is 1.74. The molecule has 0 N–H and O–H groups in total. The van der Waals surface area contributed by atoms with Crippen molar-refractivity contribution in [2.24, 2.45) is 0 Å². The van der Waals surface area contributed by atoms with Crippen molar-refractivity contribution in [1.29, 1.82) is 0 Å². The summed E-state index contributed by atoms with van der Waals surface area (Å²) in [6, 6.07) is 8.95. The molecule has 1 heterocycles. The Morgan fingerprint density at radius 2 is 1.86 bits per heavy atom. The lowest BCUT2D eigenvalue weighted by molar-refractivity contribution is 0.585. The van der Waals surface area contributed by atoms with Gasteiger partial charge in [-0.3, -0.25) is 0 Å². The van der Waals surface area contributed by atoms with Gasteiger partial charge in [-0.1, -0.05) is 32.9 Å². The minimum absolute atomic E-state index is 0.265. The van der Waals surface area contributed by atoms with Crippen LogP contribution >= 0.6 is 0 Å². The minimum Gasteiger partial charge on any atom is -0.371 e. The van der Waals surface area contributed by atoms with E-state index in [1.807, 2.05) is 0 Å². The molecule has 0 atom stereocenters. The normalized spacial score (nSPS) is 16.6. The zero-order chi connectivity index (χ0) is 10.2. The van der Waals surface area contributed by atoms with Gasteiger partial charge in [0, 0.05) is 18.8 Å². The van der Waals surface area contributed by atoms with Crippen LogP contribution in [0.4, 0.5) is 5.69 Å². The zero-order valence-corrected chi connectivity index (χ0v) is 9.38. The van der Waals surface area contributed by atoms with Gasteiger partial charge in [0.05, 0.1) is 0 Å². The molecule has 0 saturated carbocycles. The standard InChI is InChI=1S/C13H19N/c1-13(2,3)11-6-4-7-12(10-11)14-8-5-9-14/h4,6-7,10H,5,8-9H2,1-3H3. The maximum atomic E-state index is 2.44. The lowest BCUT2D eigenvalue weighted by Crippen LogP contribution is -2.37. The third-order valence-electron chi connectivity index (χ3n) is 2.93. The van der Waals surface area contributed by atoms with Gasteiger partial charge in [-0.25, -0.2) is 0 Å². The van der Waals surface area contributed by atoms with E-state index in [9.17, 15) is 0 Å². The molecule has 14 heavy (non-hydrogen) atoms. The molecule has 1 aromatic rings. The average Bonchev–Trinajstić information content (AvgIpc) is 2.00. The smallest absolute Gasteiger partial charge is 0.0369 e. The molecule has 1 heteroatoms. The third-order valence-corrected chi connectivity index (χ3v) is 2.93. The Morgan fingerprint density at radius 1 is 1.14 bits per heavy atom. The van der Waals surface area contributed by atoms with Crippen LogP contribution in [0.25, 0.3) is 0 Å². The largest absolute Gasteiger partial charge is 0.371 e. The molecule has 2 rings (SSSR count). The van der Waals surface area contributed by atoms with Gasteiger partial charge in [-0.2, -0.15) is 0 Å². The van der Waals surface area contributed by atoms with Crippen molar-refractivity contribution < 1.29 is 0 Å². The number of rotatable bonds is 1. The predicted molar refractivity (Wildman–Crippen MR) is 62.0 cm³/mol. The molecule has 1 nitrogen and oxygen atoms in total. The Kier molecular flexibility index (Phi) is 2.26. The first-order valence-corrected chi connectivity index (χ1v) is 5.43. The van der Waals surface area contributed by atoms with Gasteiger partial charge >= 0.3 is 0 Å². The molecular formula is C13H19N. The van der Waals surface area contributed by atoms with Crippen LogP contribution in [0.1, 0.15) is 32.8 Å². The highest BCUT2D eigenvalue weighted by Crippen LogP contribution is 2.28. The summed E-state index contributed by atoms with van der Waals surface area (Å²) in [5.74, 6) is 0. The van der Waals surface area contributed by atoms with Crippen molar-refractivity contribution in [2.45, 2.75) is 32.6 Å². The van der Waals surface area contributed by atoms with E-state index in [2.05, 4.69) is 49.9 Å². The maximum absolute atomic E-state index is 2.44. The predicted octanol–water partition coefficient (Wildman–Crippen LogP) is 3.19. The van der Waals surface area contributed by atoms with Crippen LogP contribution in [0.3, 0.4) is 0 Å². The first-order valence-electron chi connectivity index (χ1n) is 5.43. The maximum Gasteiger partial charge on any atom is 0.0369 e. The summed E-state index contributed by atoms with van der Waals surface area (Å²) in [4.78, 5) is 2.44. The van der Waals surface area contributed by atoms with E-state index in [1.54, 1.807) is 0 Å². The van der Waals surface area contributed by atoms with Gasteiger partial charge in [0.1, 0.15) is 0 Å². The Morgan fingerprint density at radius 3 is 2.36 bits per heavy atom. The fourth-order valence-corrected chi connectivity index (χ4v) is 1.74. The second-order valence-electron chi connectivity index (χ2n) is 5.14. The molecule has 0 bridgehead atoms. The lowest BCUT2D eigenvalue weighted by atomic mass is 9.86. The summed E-state index contributed by atoms with van der Waals surface area (Å²) in [7, 11) is 0. The van der Waals surface area contributed by atoms with Crippen LogP contribution in [0.5, 0.6) is 0 Å². The summed E-state index contributed by atoms with van der Waals surface area (Å²) >= 11 is 0. The molecule has 1 saturated heterocycles. The minimum atomic E-state index is 0.265. The molecule has 0 radical (unpaired) electrons. The summed E-state index contributed by atoms with van der Waals surface area (Å²) in [6.45, 7) is 9.26. The monoisotopic (exact) mass is 189 g/mol. The molecular weight excluding hydrogens is 170 g/mol. The van der Waals surface area contributed by atoms with Crippen LogP contribution in [-0.4, -0.2) is 13.1 Å². The Balaban J connectivity index is 2.26. The van der Waals surface area contributed by atoms with Crippen LogP contribution in [-0.2, 0) is 5.41 Å². The summed E-state index contributed by atoms with van der Waals surface area (Å²) in [5, 5.41) is 0. The van der Waals surface area contributed by atoms with Gasteiger partial charge in [-0.15, -0.1) is 0 Å². The van der Waals surface area contributed by atoms with Crippen LogP contribution in [0.2, 0.25) is 0 Å². The van der Waals surface area contributed by atoms with Gasteiger partial charge in [0.15, 0.2) is 0 Å². The SMILES string of the molecule is CC(C)(C)c1cccc(N2CCC2)c1. The third kappa shape index (κ3) is 1.77. The van der Waals surface area contributed by atoms with E-state index < -0.39 is 0 Å². The van der Waals surface area contributed by atoms with E-state index in [4.69, 9.17) is 0 Å². The zero-order valence-electron chi connectivity index (χ0n) is 9.38. The van der Waals surface area contributed by atoms with Gasteiger partial charge in [-0.05, 0) is 29.5 Å². The number of hydrogen-bond acceptors (Lipinski definition) is 1. The highest BCUT2D eigenvalue weighted by Gasteiger charge is 2.18. The Hall–Kier alpha value is -0.980. The first-order chi connectivity index (χ1) is 6.57. The van der Waals surface area contributed by atoms with Crippen molar-refractivity contribution in [3.05, 3.63) is 29.8 Å². The van der Waals surface area contributed by atoms with E-state index in [0.29, 0.717) is 0 Å². The highest BCUT2D eigenvalue weighted by molar-refractivity contribution is 5.51. The summed E-state index contributed by atoms with van der Waals surface area (Å²) in [5.41, 5.74) is 3.09. The van der Waals surface area contributed by atoms with Gasteiger partial charge < -0.3 is 4.90 Å². The molecule has 1 aliphatic rings. The fraction of sp³-hybridized carbons (Fsp3) is 0.538. The Labute approximate surface area is 86.7 Å². The second-order valence-corrected chi connectivity index (χ2v) is 5.14. The molecule has 0 aliphatic carbocycles. The van der Waals surface area contributed by atoms with Crippen LogP contribution < -0.4 is 4.90 Å². The molecule has 0 spiro atoms. The molecule has 1 aromatic carbocycles. The van der Waals surface area contributed by atoms with Crippen molar-refractivity contribution in [2.75, 3.05) is 18.0 Å². The van der Waals surface area contributed by atoms with Crippen molar-refractivity contribution in [1.82, 2.24) is 0 Å². The second kappa shape index (κ2) is 3.30. The topological polar surface area (TPSA) is 3.24 Å². The van der Waals surface area contributed by atoms with E-state index in [0.717, 1.165) is 0 Å². The van der Waals surface area contributed by atoms with E-state index in [-0.39, 0.29) is 5.41 Å². The van der Waals surface area contributed by atoms with Crippen molar-refractivity contribution in [3.8, 4) is 0 Å². The lowest BCUT2D eigenvalue weighted by Gasteiger charge is -2.34. The molecule has 0 amide bonds. The Bertz CT molecular complexity index is 318. The molecule has 76 valence electrons. The molecule has 0 aromatic heterocycles. The summed E-state index contributed by atoms with van der Waals surface area (Å²) in [6.07, 6.45) is 1.35. The number of benzene rings is 1. The summed E-state index contributed by atoms with van der Waals surface area (Å²) < 4.78 is 0. The van der Waals surface area contributed by atoms with E-state index in [1.165, 1.54) is 30.8 Å². The highest BCUT2D eigenvalue weighted by atomic mass is 15.2. The molecule has 0 unspecified atom stereocenters. The quantitative estimate of drug-likeness (QED) is 0.655. The first kappa shape index (κ1) is 9.57. The van der Waals surface area contributed by atoms with Gasteiger partial charge in [0.2, 0.25) is 0 Å². The number of nitrogens with zero attached hydrogens (tertiary/aromatic N) is 1. The molecule has 1 fully saturated rings. The number of hydrogen-bond donors (Lipinski definition) is 0. The van der Waals surface area contributed by atoms with Crippen LogP contribution in [0, 0.1) is 0 Å². The number of anilines is 1. The van der Waals surface area contributed by atoms with E-state index >= 15 is 0 Å². The van der Waals surface area contributed by atoms with Crippen molar-refractivity contribution in [3.63, 3.8) is 0 Å². The van der Waals surface area contributed by atoms with Crippen molar-refractivity contribution >= 4 is 5.69 Å². The van der Waals surface area contributed by atoms with Crippen LogP contribution in [0.15, 0.2) is 24.3 Å². The van der Waals surface area contributed by atoms with Gasteiger partial charge in [0.25, 0.3) is 0 Å². The average molecular weight is 189 g/mol. The molecule has 1 aliphatic heterocycles.